The van der Waals surface area contributed by atoms with Gasteiger partial charge in [0, 0.05) is 36.4 Å². The van der Waals surface area contributed by atoms with E-state index < -0.39 is 36.4 Å². The Balaban J connectivity index is 1.66. The molecule has 1 amide bonds. The molecule has 8 nitrogen and oxygen atoms in total. The second-order valence-corrected chi connectivity index (χ2v) is 8.46. The van der Waals surface area contributed by atoms with Crippen molar-refractivity contribution in [1.82, 2.24) is 29.0 Å². The van der Waals surface area contributed by atoms with Gasteiger partial charge in [0.25, 0.3) is 18.6 Å². The Kier molecular flexibility index (Phi) is 5.66. The Morgan fingerprint density at radius 2 is 1.94 bits per heavy atom. The molecule has 4 aromatic heterocycles. The van der Waals surface area contributed by atoms with Crippen LogP contribution in [-0.2, 0) is 0 Å². The molecule has 3 unspecified atom stereocenters. The quantitative estimate of drug-likeness (QED) is 0.437. The molecular formula is C22H19F5N6O2. The highest BCUT2D eigenvalue weighted by Crippen LogP contribution is 2.33. The number of imidazole rings is 1. The van der Waals surface area contributed by atoms with E-state index >= 15 is 0 Å². The van der Waals surface area contributed by atoms with Crippen LogP contribution in [0.25, 0.3) is 27.9 Å². The highest BCUT2D eigenvalue weighted by molar-refractivity contribution is 5.99. The van der Waals surface area contributed by atoms with Crippen LogP contribution >= 0.6 is 0 Å². The molecule has 5 rings (SSSR count). The fourth-order valence-electron chi connectivity index (χ4n) is 4.42. The maximum Gasteiger partial charge on any atom is 0.289 e. The topological polar surface area (TPSA) is 88.5 Å². The minimum Gasteiger partial charge on any atom is -0.393 e. The van der Waals surface area contributed by atoms with Gasteiger partial charge in [-0.15, -0.1) is 0 Å². The highest BCUT2D eigenvalue weighted by Gasteiger charge is 2.31. The van der Waals surface area contributed by atoms with E-state index in [0.29, 0.717) is 23.6 Å². The summed E-state index contributed by atoms with van der Waals surface area (Å²) in [5, 5.41) is 13.9. The molecule has 1 aliphatic heterocycles. The Morgan fingerprint density at radius 1 is 1.17 bits per heavy atom. The van der Waals surface area contributed by atoms with Crippen LogP contribution in [0.1, 0.15) is 36.5 Å². The van der Waals surface area contributed by atoms with E-state index in [1.807, 2.05) is 0 Å². The lowest BCUT2D eigenvalue weighted by Crippen LogP contribution is -2.46. The molecule has 4 aromatic rings. The van der Waals surface area contributed by atoms with Gasteiger partial charge in [-0.2, -0.15) is 5.10 Å². The molecule has 0 spiro atoms. The van der Waals surface area contributed by atoms with Crippen molar-refractivity contribution in [3.63, 3.8) is 0 Å². The molecule has 0 radical (unpaired) electrons. The summed E-state index contributed by atoms with van der Waals surface area (Å²) in [6.07, 6.45) is -2.81. The third-order valence-corrected chi connectivity index (χ3v) is 6.13. The van der Waals surface area contributed by atoms with Gasteiger partial charge in [-0.3, -0.25) is 14.2 Å². The summed E-state index contributed by atoms with van der Waals surface area (Å²) in [5.41, 5.74) is -0.589. The minimum atomic E-state index is -3.43. The van der Waals surface area contributed by atoms with Crippen molar-refractivity contribution in [3.8, 4) is 11.4 Å². The second kappa shape index (κ2) is 8.56. The predicted molar refractivity (Wildman–Crippen MR) is 114 cm³/mol. The molecule has 1 N–H and O–H groups in total. The van der Waals surface area contributed by atoms with Crippen LogP contribution in [0.15, 0.2) is 30.7 Å². The van der Waals surface area contributed by atoms with E-state index in [2.05, 4.69) is 15.1 Å². The molecule has 13 heteroatoms. The molecule has 0 aliphatic carbocycles. The van der Waals surface area contributed by atoms with E-state index in [-0.39, 0.29) is 46.2 Å². The lowest BCUT2D eigenvalue weighted by Gasteiger charge is -2.35. The van der Waals surface area contributed by atoms with Crippen molar-refractivity contribution >= 4 is 22.5 Å². The molecule has 1 fully saturated rings. The molecule has 3 atom stereocenters. The van der Waals surface area contributed by atoms with Gasteiger partial charge >= 0.3 is 0 Å². The second-order valence-electron chi connectivity index (χ2n) is 8.46. The maximum absolute atomic E-state index is 14.5. The summed E-state index contributed by atoms with van der Waals surface area (Å²) in [6.45, 7) is 2.03. The zero-order chi connectivity index (χ0) is 25.0. The van der Waals surface area contributed by atoms with Gasteiger partial charge in [-0.05, 0) is 25.8 Å². The number of hydrogen-bond donors (Lipinski definition) is 1. The Bertz CT molecular complexity index is 1440. The lowest BCUT2D eigenvalue weighted by molar-refractivity contribution is 0.00356. The van der Waals surface area contributed by atoms with Crippen molar-refractivity contribution in [2.75, 3.05) is 6.54 Å². The van der Waals surface area contributed by atoms with Crippen molar-refractivity contribution in [2.45, 2.75) is 44.6 Å². The van der Waals surface area contributed by atoms with Gasteiger partial charge in [0.2, 0.25) is 0 Å². The van der Waals surface area contributed by atoms with E-state index in [1.54, 1.807) is 6.92 Å². The zero-order valence-corrected chi connectivity index (χ0v) is 18.2. The number of amides is 1. The van der Waals surface area contributed by atoms with Crippen molar-refractivity contribution < 1.29 is 31.9 Å². The molecule has 1 saturated heterocycles. The molecule has 0 bridgehead atoms. The summed E-state index contributed by atoms with van der Waals surface area (Å²) < 4.78 is 70.6. The third-order valence-electron chi connectivity index (χ3n) is 6.13. The number of hydrogen-bond acceptors (Lipinski definition) is 5. The Morgan fingerprint density at radius 3 is 2.66 bits per heavy atom. The summed E-state index contributed by atoms with van der Waals surface area (Å²) in [4.78, 5) is 22.6. The number of likely N-dealkylation sites (tertiary alicyclic amines) is 1. The lowest BCUT2D eigenvalue weighted by atomic mass is 10.0. The van der Waals surface area contributed by atoms with Crippen molar-refractivity contribution in [2.24, 2.45) is 0 Å². The number of carbonyl (C=O) groups is 1. The van der Waals surface area contributed by atoms with Gasteiger partial charge in [-0.1, -0.05) is 0 Å². The fraction of sp³-hybridized carbons (Fsp3) is 0.364. The molecule has 5 heterocycles. The van der Waals surface area contributed by atoms with Gasteiger partial charge in [-0.25, -0.2) is 31.6 Å². The number of halogens is 5. The predicted octanol–water partition coefficient (Wildman–Crippen LogP) is 3.74. The maximum atomic E-state index is 14.5. The average Bonchev–Trinajstić information content (AvgIpc) is 3.39. The Hall–Kier alpha value is -3.61. The van der Waals surface area contributed by atoms with Gasteiger partial charge in [0.1, 0.15) is 17.2 Å². The number of aliphatic hydroxyl groups excluding tert-OH is 1. The highest BCUT2D eigenvalue weighted by atomic mass is 19.3. The normalized spacial score (nSPS) is 19.7. The largest absolute Gasteiger partial charge is 0.393 e. The monoisotopic (exact) mass is 494 g/mol. The number of fused-ring (bicyclic) bond motifs is 2. The van der Waals surface area contributed by atoms with Crippen LogP contribution in [0.2, 0.25) is 0 Å². The van der Waals surface area contributed by atoms with Crippen molar-refractivity contribution in [3.05, 3.63) is 48.1 Å². The van der Waals surface area contributed by atoms with Crippen molar-refractivity contribution in [1.29, 1.82) is 0 Å². The van der Waals surface area contributed by atoms with Crippen LogP contribution in [0, 0.1) is 11.6 Å². The summed E-state index contributed by atoms with van der Waals surface area (Å²) in [7, 11) is 0. The summed E-state index contributed by atoms with van der Waals surface area (Å²) in [6, 6.07) is 1.50. The Labute approximate surface area is 194 Å². The number of rotatable bonds is 4. The minimum absolute atomic E-state index is 0.0168. The molecule has 35 heavy (non-hydrogen) atoms. The first-order valence-electron chi connectivity index (χ1n) is 10.8. The first-order valence-corrected chi connectivity index (χ1v) is 10.8. The van der Waals surface area contributed by atoms with Gasteiger partial charge in [0.15, 0.2) is 11.5 Å². The molecule has 0 aromatic carbocycles. The third kappa shape index (κ3) is 3.89. The van der Waals surface area contributed by atoms with Crippen LogP contribution in [-0.4, -0.2) is 65.2 Å². The van der Waals surface area contributed by atoms with E-state index in [4.69, 9.17) is 0 Å². The van der Waals surface area contributed by atoms with E-state index in [0.717, 1.165) is 22.9 Å². The van der Waals surface area contributed by atoms with Gasteiger partial charge in [0.05, 0.1) is 23.5 Å². The van der Waals surface area contributed by atoms with Crippen LogP contribution in [0.3, 0.4) is 0 Å². The first-order chi connectivity index (χ1) is 16.7. The first kappa shape index (κ1) is 23.1. The van der Waals surface area contributed by atoms with Crippen LogP contribution in [0.4, 0.5) is 22.0 Å². The SMILES string of the molecule is CC1CC(O)CCN1C(=O)c1cc2c(cn1)c(-c1cnc3c(F)cc(F)cn13)nn2C(F)C(F)F. The number of carbonyl (C=O) groups excluding carboxylic acids is 1. The number of alkyl halides is 3. The number of nitrogens with zero attached hydrogens (tertiary/aromatic N) is 6. The summed E-state index contributed by atoms with van der Waals surface area (Å²) >= 11 is 0. The molecule has 1 aliphatic rings. The summed E-state index contributed by atoms with van der Waals surface area (Å²) in [5.74, 6) is -2.38. The molecule has 0 saturated carbocycles. The van der Waals surface area contributed by atoms with Gasteiger partial charge < -0.3 is 10.0 Å². The molecular weight excluding hydrogens is 475 g/mol. The van der Waals surface area contributed by atoms with Crippen LogP contribution in [0.5, 0.6) is 0 Å². The number of pyridine rings is 2. The average molecular weight is 494 g/mol. The smallest absolute Gasteiger partial charge is 0.289 e. The number of aromatic nitrogens is 5. The van der Waals surface area contributed by atoms with E-state index in [9.17, 15) is 31.9 Å². The van der Waals surface area contributed by atoms with Crippen LogP contribution < -0.4 is 0 Å². The van der Waals surface area contributed by atoms with E-state index in [1.165, 1.54) is 11.1 Å². The zero-order valence-electron chi connectivity index (χ0n) is 18.2. The fourth-order valence-corrected chi connectivity index (χ4v) is 4.42. The molecule has 184 valence electrons. The standard InChI is InChI=1S/C22H19F5N6O2/c1-10-4-12(34)2-3-31(10)22(35)15-6-16-13(7-28-15)18(30-33(16)20(27)19(25)26)17-8-29-21-14(24)5-11(23)9-32(17)21/h5-10,12,19-20,34H,2-4H2,1H3. The number of piperidine rings is 1. The number of aliphatic hydroxyl groups is 1.